The fraction of sp³-hybridized carbons (Fsp3) is 0.550. The molecule has 4 aliphatic carbocycles. The zero-order valence-electron chi connectivity index (χ0n) is 15.3. The lowest BCUT2D eigenvalue weighted by atomic mass is 9.39. The number of benzene rings is 1. The van der Waals surface area contributed by atoms with Crippen LogP contribution in [0.15, 0.2) is 22.6 Å². The molecule has 2 bridgehead atoms. The van der Waals surface area contributed by atoms with Gasteiger partial charge in [-0.3, -0.25) is 4.79 Å². The van der Waals surface area contributed by atoms with Crippen molar-refractivity contribution in [3.8, 4) is 5.75 Å². The summed E-state index contributed by atoms with van der Waals surface area (Å²) in [4.78, 5) is 12.2. The van der Waals surface area contributed by atoms with Crippen LogP contribution < -0.4 is 10.1 Å². The first-order valence-corrected chi connectivity index (χ1v) is 10.0. The molecule has 4 saturated carbocycles. The molecule has 1 aromatic carbocycles. The quantitative estimate of drug-likeness (QED) is 0.761. The highest BCUT2D eigenvalue weighted by atomic mass is 35.5. The van der Waals surface area contributed by atoms with Crippen LogP contribution in [-0.2, 0) is 16.6 Å². The van der Waals surface area contributed by atoms with Crippen LogP contribution in [0.25, 0.3) is 0 Å². The van der Waals surface area contributed by atoms with E-state index in [4.69, 9.17) is 20.8 Å². The first-order valence-electron chi connectivity index (χ1n) is 9.67. The van der Waals surface area contributed by atoms with E-state index in [9.17, 15) is 9.18 Å². The Hall–Kier alpha value is -2.15. The summed E-state index contributed by atoms with van der Waals surface area (Å²) < 4.78 is 24.7. The third kappa shape index (κ3) is 3.05. The molecule has 6 nitrogen and oxygen atoms in total. The summed E-state index contributed by atoms with van der Waals surface area (Å²) >= 11 is 5.64. The van der Waals surface area contributed by atoms with Gasteiger partial charge in [-0.1, -0.05) is 18.0 Å². The summed E-state index contributed by atoms with van der Waals surface area (Å²) in [6.07, 6.45) is 7.12. The van der Waals surface area contributed by atoms with Crippen LogP contribution in [-0.4, -0.2) is 28.3 Å². The molecular formula is C20H21ClFN3O3. The second kappa shape index (κ2) is 6.44. The first-order chi connectivity index (χ1) is 13.5. The minimum atomic E-state index is -0.572. The third-order valence-corrected chi connectivity index (χ3v) is 6.61. The predicted molar refractivity (Wildman–Crippen MR) is 98.7 cm³/mol. The second-order valence-corrected chi connectivity index (χ2v) is 8.91. The Balaban J connectivity index is 1.11. The Morgan fingerprint density at radius 2 is 2.11 bits per heavy atom. The maximum absolute atomic E-state index is 13.4. The molecule has 0 saturated heterocycles. The maximum Gasteiger partial charge on any atom is 0.258 e. The summed E-state index contributed by atoms with van der Waals surface area (Å²) in [7, 11) is 0. The Labute approximate surface area is 166 Å². The summed E-state index contributed by atoms with van der Waals surface area (Å²) in [6.45, 7) is -0.165. The second-order valence-electron chi connectivity index (χ2n) is 8.51. The minimum absolute atomic E-state index is 0.0211. The zero-order valence-corrected chi connectivity index (χ0v) is 16.1. The van der Waals surface area contributed by atoms with Gasteiger partial charge >= 0.3 is 0 Å². The normalized spacial score (nSPS) is 28.1. The van der Waals surface area contributed by atoms with Crippen LogP contribution in [0.2, 0.25) is 5.02 Å². The smallest absolute Gasteiger partial charge is 0.258 e. The number of amides is 1. The minimum Gasteiger partial charge on any atom is -0.484 e. The molecule has 4 aliphatic rings. The van der Waals surface area contributed by atoms with Gasteiger partial charge in [-0.2, -0.15) is 0 Å². The molecule has 0 radical (unpaired) electrons. The van der Waals surface area contributed by atoms with Crippen molar-refractivity contribution in [2.24, 2.45) is 5.92 Å². The number of carbonyl (C=O) groups excluding carboxylic acids is 1. The van der Waals surface area contributed by atoms with Gasteiger partial charge in [0.25, 0.3) is 5.91 Å². The molecule has 148 valence electrons. The number of hydrogen-bond acceptors (Lipinski definition) is 5. The van der Waals surface area contributed by atoms with Gasteiger partial charge in [0.15, 0.2) is 6.61 Å². The lowest BCUT2D eigenvalue weighted by Gasteiger charge is -2.68. The molecule has 0 atom stereocenters. The lowest BCUT2D eigenvalue weighted by molar-refractivity contribution is -0.143. The molecule has 1 aromatic heterocycles. The number of rotatable bonds is 7. The van der Waals surface area contributed by atoms with E-state index in [2.05, 4.69) is 15.5 Å². The molecule has 4 fully saturated rings. The number of halogens is 2. The van der Waals surface area contributed by atoms with Gasteiger partial charge < -0.3 is 14.5 Å². The van der Waals surface area contributed by atoms with Crippen molar-refractivity contribution in [2.45, 2.75) is 55.9 Å². The molecule has 8 heteroatoms. The Kier molecular flexibility index (Phi) is 4.12. The first kappa shape index (κ1) is 17.9. The van der Waals surface area contributed by atoms with Crippen molar-refractivity contribution < 1.29 is 18.3 Å². The van der Waals surface area contributed by atoms with Gasteiger partial charge in [0.05, 0.1) is 10.4 Å². The van der Waals surface area contributed by atoms with Crippen LogP contribution in [0.1, 0.15) is 50.3 Å². The summed E-state index contributed by atoms with van der Waals surface area (Å²) in [5.41, 5.74) is -0.271. The predicted octanol–water partition coefficient (Wildman–Crippen LogP) is 3.57. The highest BCUT2D eigenvalue weighted by molar-refractivity contribution is 6.30. The SMILES string of the molecule is O=C(COc1ccc(Cl)c(F)c1)NC12CC(c3nnc(CC4CCC4)o3)(C1)C2. The average Bonchev–Trinajstić information content (AvgIpc) is 3.02. The Bertz CT molecular complexity index is 907. The summed E-state index contributed by atoms with van der Waals surface area (Å²) in [5, 5.41) is 11.5. The van der Waals surface area contributed by atoms with Crippen molar-refractivity contribution >= 4 is 17.5 Å². The molecule has 1 heterocycles. The van der Waals surface area contributed by atoms with Crippen LogP contribution in [0.3, 0.4) is 0 Å². The standard InChI is InChI=1S/C20H21ClFN3O3/c21-14-5-4-13(7-15(14)22)27-8-16(26)23-20-9-19(10-20,11-20)18-25-24-17(28-18)6-12-2-1-3-12/h4-5,7,12H,1-3,6,8-11H2,(H,23,26). The molecule has 1 N–H and O–H groups in total. The van der Waals surface area contributed by atoms with Gasteiger partial charge in [0.2, 0.25) is 11.8 Å². The molecule has 28 heavy (non-hydrogen) atoms. The zero-order chi connectivity index (χ0) is 19.4. The number of ether oxygens (including phenoxy) is 1. The lowest BCUT2D eigenvalue weighted by Crippen LogP contribution is -2.77. The van der Waals surface area contributed by atoms with Gasteiger partial charge in [-0.05, 0) is 50.2 Å². The number of nitrogens with zero attached hydrogens (tertiary/aromatic N) is 2. The van der Waals surface area contributed by atoms with Crippen molar-refractivity contribution in [1.82, 2.24) is 15.5 Å². The summed E-state index contributed by atoms with van der Waals surface area (Å²) in [5.74, 6) is 1.63. The van der Waals surface area contributed by atoms with Gasteiger partial charge in [-0.25, -0.2) is 4.39 Å². The third-order valence-electron chi connectivity index (χ3n) is 6.30. The molecule has 0 aliphatic heterocycles. The largest absolute Gasteiger partial charge is 0.484 e. The van der Waals surface area contributed by atoms with Crippen molar-refractivity contribution in [2.75, 3.05) is 6.61 Å². The van der Waals surface area contributed by atoms with E-state index in [1.165, 1.54) is 37.5 Å². The molecule has 0 spiro atoms. The topological polar surface area (TPSA) is 77.2 Å². The molecule has 2 aromatic rings. The highest BCUT2D eigenvalue weighted by Crippen LogP contribution is 2.67. The molecule has 6 rings (SSSR count). The van der Waals surface area contributed by atoms with Gasteiger partial charge in [0, 0.05) is 18.0 Å². The molecule has 1 amide bonds. The van der Waals surface area contributed by atoms with Crippen LogP contribution in [0.5, 0.6) is 5.75 Å². The van der Waals surface area contributed by atoms with Crippen molar-refractivity contribution in [1.29, 1.82) is 0 Å². The number of aromatic nitrogens is 2. The highest BCUT2D eigenvalue weighted by Gasteiger charge is 2.71. The van der Waals surface area contributed by atoms with Crippen LogP contribution in [0, 0.1) is 11.7 Å². The molecular weight excluding hydrogens is 385 g/mol. The Morgan fingerprint density at radius 3 is 2.79 bits per heavy atom. The Morgan fingerprint density at radius 1 is 1.32 bits per heavy atom. The number of nitrogens with one attached hydrogen (secondary N) is 1. The summed E-state index contributed by atoms with van der Waals surface area (Å²) in [6, 6.07) is 4.10. The maximum atomic E-state index is 13.4. The number of hydrogen-bond donors (Lipinski definition) is 1. The van der Waals surface area contributed by atoms with E-state index in [1.807, 2.05) is 0 Å². The molecule has 0 unspecified atom stereocenters. The van der Waals surface area contributed by atoms with Crippen molar-refractivity contribution in [3.63, 3.8) is 0 Å². The van der Waals surface area contributed by atoms with E-state index in [0.29, 0.717) is 11.8 Å². The van der Waals surface area contributed by atoms with E-state index < -0.39 is 5.82 Å². The van der Waals surface area contributed by atoms with Crippen LogP contribution in [0.4, 0.5) is 4.39 Å². The van der Waals surface area contributed by atoms with E-state index >= 15 is 0 Å². The van der Waals surface area contributed by atoms with Crippen molar-refractivity contribution in [3.05, 3.63) is 40.8 Å². The van der Waals surface area contributed by atoms with E-state index in [1.54, 1.807) is 0 Å². The van der Waals surface area contributed by atoms with Crippen LogP contribution >= 0.6 is 11.6 Å². The number of carbonyl (C=O) groups is 1. The van der Waals surface area contributed by atoms with E-state index in [-0.39, 0.29) is 34.2 Å². The van der Waals surface area contributed by atoms with Gasteiger partial charge in [-0.15, -0.1) is 10.2 Å². The fourth-order valence-electron chi connectivity index (χ4n) is 4.69. The van der Waals surface area contributed by atoms with E-state index in [0.717, 1.165) is 31.6 Å². The van der Waals surface area contributed by atoms with Gasteiger partial charge in [0.1, 0.15) is 11.6 Å². The average molecular weight is 406 g/mol. The monoisotopic (exact) mass is 405 g/mol. The fourth-order valence-corrected chi connectivity index (χ4v) is 4.81.